The maximum atomic E-state index is 9.01. The number of benzene rings is 1. The molecule has 4 heteroatoms. The first-order valence-electron chi connectivity index (χ1n) is 6.56. The van der Waals surface area contributed by atoms with Crippen molar-refractivity contribution < 1.29 is 5.21 Å². The van der Waals surface area contributed by atoms with Crippen LogP contribution in [0.5, 0.6) is 0 Å². The Balaban J connectivity index is 3.10. The van der Waals surface area contributed by atoms with Gasteiger partial charge in [-0.15, -0.1) is 0 Å². The number of nitrogens with zero attached hydrogens (tertiary/aromatic N) is 2. The van der Waals surface area contributed by atoms with Crippen LogP contribution < -0.4 is 0 Å². The molecule has 1 N–H and O–H groups in total. The average Bonchev–Trinajstić information content (AvgIpc) is 2.41. The zero-order chi connectivity index (χ0) is 15.2. The average molecular weight is 291 g/mol. The highest BCUT2D eigenvalue weighted by Gasteiger charge is 2.19. The third-order valence-electron chi connectivity index (χ3n) is 4.33. The quantitative estimate of drug-likeness (QED) is 0.479. The largest absolute Gasteiger partial charge is 0.410 e. The number of aromatic nitrogens is 1. The molecule has 0 amide bonds. The van der Waals surface area contributed by atoms with Gasteiger partial charge in [0, 0.05) is 16.6 Å². The van der Waals surface area contributed by atoms with Crippen LogP contribution in [0.1, 0.15) is 39.1 Å². The molecule has 0 atom stereocenters. The summed E-state index contributed by atoms with van der Waals surface area (Å²) in [5.74, 6) is 0. The summed E-state index contributed by atoms with van der Waals surface area (Å²) in [4.78, 5) is 4.74. The Hall–Kier alpha value is -1.61. The van der Waals surface area contributed by atoms with E-state index in [2.05, 4.69) is 19.0 Å². The summed E-state index contributed by atoms with van der Waals surface area (Å²) in [6, 6.07) is 0. The highest BCUT2D eigenvalue weighted by atomic mass is 35.5. The molecule has 0 aliphatic rings. The summed E-state index contributed by atoms with van der Waals surface area (Å²) < 4.78 is 0. The highest BCUT2D eigenvalue weighted by Crippen LogP contribution is 2.33. The van der Waals surface area contributed by atoms with Gasteiger partial charge in [0.1, 0.15) is 0 Å². The summed E-state index contributed by atoms with van der Waals surface area (Å²) in [7, 11) is 0. The summed E-state index contributed by atoms with van der Waals surface area (Å²) >= 11 is 6.08. The van der Waals surface area contributed by atoms with Crippen LogP contribution in [-0.4, -0.2) is 15.4 Å². The molecule has 0 unspecified atom stereocenters. The molecule has 2 rings (SSSR count). The zero-order valence-electron chi connectivity index (χ0n) is 12.7. The molecule has 0 spiro atoms. The number of halogens is 1. The van der Waals surface area contributed by atoms with Crippen LogP contribution in [0.25, 0.3) is 10.9 Å². The number of rotatable bonds is 1. The molecule has 106 valence electrons. The number of aryl methyl sites for hydroxylation is 4. The molecule has 0 radical (unpaired) electrons. The zero-order valence-corrected chi connectivity index (χ0v) is 13.5. The number of hydrogen-bond acceptors (Lipinski definition) is 3. The number of pyridine rings is 1. The van der Waals surface area contributed by atoms with Crippen molar-refractivity contribution in [2.24, 2.45) is 5.16 Å². The molecule has 0 bridgehead atoms. The first-order valence-corrected chi connectivity index (χ1v) is 6.94. The van der Waals surface area contributed by atoms with Gasteiger partial charge in [0.25, 0.3) is 0 Å². The Bertz CT molecular complexity index is 748. The van der Waals surface area contributed by atoms with Gasteiger partial charge in [-0.05, 0) is 69.4 Å². The van der Waals surface area contributed by atoms with Gasteiger partial charge in [0.2, 0.25) is 0 Å². The van der Waals surface area contributed by atoms with Crippen molar-refractivity contribution in [2.75, 3.05) is 0 Å². The van der Waals surface area contributed by atoms with Gasteiger partial charge in [-0.2, -0.15) is 0 Å². The minimum atomic E-state index is 0.127. The predicted octanol–water partition coefficient (Wildman–Crippen LogP) is 4.46. The second-order valence-corrected chi connectivity index (χ2v) is 5.67. The molecule has 20 heavy (non-hydrogen) atoms. The fourth-order valence-corrected chi connectivity index (χ4v) is 3.09. The molecule has 1 aromatic carbocycles. The Kier molecular flexibility index (Phi) is 3.74. The number of hydrogen-bond donors (Lipinski definition) is 1. The van der Waals surface area contributed by atoms with Crippen LogP contribution in [0.2, 0.25) is 0 Å². The smallest absolute Gasteiger partial charge is 0.175 e. The summed E-state index contributed by atoms with van der Waals surface area (Å²) in [6.45, 7) is 12.2. The first kappa shape index (κ1) is 14.8. The SMILES string of the molecule is Cc1nc2c(C)c(C)c(C(Cl)=NO)c(C)c2c(C)c1C. The standard InChI is InChI=1S/C16H19ClN2O/c1-7-8(2)13-11(5)14(16(17)19-20)9(3)10(4)15(13)18-12(7)6/h20H,1-6H3. The van der Waals surface area contributed by atoms with Crippen LogP contribution in [0, 0.1) is 41.5 Å². The second-order valence-electron chi connectivity index (χ2n) is 5.31. The molecule has 0 saturated carbocycles. The van der Waals surface area contributed by atoms with Gasteiger partial charge < -0.3 is 5.21 Å². The van der Waals surface area contributed by atoms with Crippen molar-refractivity contribution in [1.82, 2.24) is 4.98 Å². The molecule has 1 heterocycles. The lowest BCUT2D eigenvalue weighted by Crippen LogP contribution is -2.06. The highest BCUT2D eigenvalue weighted by molar-refractivity contribution is 6.70. The Morgan fingerprint density at radius 2 is 1.50 bits per heavy atom. The number of oxime groups is 1. The van der Waals surface area contributed by atoms with Gasteiger partial charge >= 0.3 is 0 Å². The second kappa shape index (κ2) is 5.06. The minimum absolute atomic E-state index is 0.127. The third-order valence-corrected chi connectivity index (χ3v) is 4.60. The fraction of sp³-hybridized carbons (Fsp3) is 0.375. The van der Waals surface area contributed by atoms with Gasteiger partial charge in [-0.3, -0.25) is 4.98 Å². The van der Waals surface area contributed by atoms with E-state index < -0.39 is 0 Å². The predicted molar refractivity (Wildman–Crippen MR) is 84.3 cm³/mol. The Labute approximate surface area is 124 Å². The van der Waals surface area contributed by atoms with E-state index in [4.69, 9.17) is 21.8 Å². The van der Waals surface area contributed by atoms with Crippen LogP contribution in [0.15, 0.2) is 5.16 Å². The minimum Gasteiger partial charge on any atom is -0.410 e. The molecular weight excluding hydrogens is 272 g/mol. The van der Waals surface area contributed by atoms with Crippen molar-refractivity contribution >= 4 is 27.7 Å². The van der Waals surface area contributed by atoms with Crippen molar-refractivity contribution in [3.63, 3.8) is 0 Å². The summed E-state index contributed by atoms with van der Waals surface area (Å²) in [5, 5.41) is 13.4. The van der Waals surface area contributed by atoms with E-state index >= 15 is 0 Å². The molecule has 0 aliphatic heterocycles. The Morgan fingerprint density at radius 3 is 2.05 bits per heavy atom. The van der Waals surface area contributed by atoms with E-state index in [-0.39, 0.29) is 5.17 Å². The molecular formula is C16H19ClN2O. The third kappa shape index (κ3) is 1.97. The maximum Gasteiger partial charge on any atom is 0.175 e. The van der Waals surface area contributed by atoms with Crippen LogP contribution in [0.4, 0.5) is 0 Å². The first-order chi connectivity index (χ1) is 9.31. The normalized spacial score (nSPS) is 12.2. The topological polar surface area (TPSA) is 45.5 Å². The molecule has 1 aromatic heterocycles. The molecule has 0 fully saturated rings. The number of fused-ring (bicyclic) bond motifs is 1. The van der Waals surface area contributed by atoms with Crippen LogP contribution in [-0.2, 0) is 0 Å². The van der Waals surface area contributed by atoms with E-state index in [1.165, 1.54) is 11.1 Å². The van der Waals surface area contributed by atoms with Gasteiger partial charge in [0.15, 0.2) is 5.17 Å². The summed E-state index contributed by atoms with van der Waals surface area (Å²) in [5.41, 5.74) is 8.34. The van der Waals surface area contributed by atoms with Crippen molar-refractivity contribution in [3.05, 3.63) is 39.1 Å². The molecule has 2 aromatic rings. The lowest BCUT2D eigenvalue weighted by atomic mass is 9.90. The van der Waals surface area contributed by atoms with E-state index in [0.717, 1.165) is 38.9 Å². The Morgan fingerprint density at radius 1 is 0.900 bits per heavy atom. The maximum absolute atomic E-state index is 9.01. The van der Waals surface area contributed by atoms with Crippen molar-refractivity contribution in [3.8, 4) is 0 Å². The van der Waals surface area contributed by atoms with Gasteiger partial charge in [0.05, 0.1) is 5.52 Å². The lowest BCUT2D eigenvalue weighted by Gasteiger charge is -2.18. The molecule has 0 aliphatic carbocycles. The van der Waals surface area contributed by atoms with Gasteiger partial charge in [-0.1, -0.05) is 16.8 Å². The van der Waals surface area contributed by atoms with E-state index in [1.54, 1.807) is 0 Å². The lowest BCUT2D eigenvalue weighted by molar-refractivity contribution is 0.321. The monoisotopic (exact) mass is 290 g/mol. The fourth-order valence-electron chi connectivity index (χ4n) is 2.80. The van der Waals surface area contributed by atoms with Crippen molar-refractivity contribution in [2.45, 2.75) is 41.5 Å². The van der Waals surface area contributed by atoms with E-state index in [9.17, 15) is 0 Å². The van der Waals surface area contributed by atoms with Crippen molar-refractivity contribution in [1.29, 1.82) is 0 Å². The summed E-state index contributed by atoms with van der Waals surface area (Å²) in [6.07, 6.45) is 0. The molecule has 0 saturated heterocycles. The van der Waals surface area contributed by atoms with Crippen LogP contribution in [0.3, 0.4) is 0 Å². The molecule has 3 nitrogen and oxygen atoms in total. The van der Waals surface area contributed by atoms with E-state index in [0.29, 0.717) is 0 Å². The van der Waals surface area contributed by atoms with E-state index in [1.807, 2.05) is 27.7 Å². The van der Waals surface area contributed by atoms with Gasteiger partial charge in [-0.25, -0.2) is 0 Å². The van der Waals surface area contributed by atoms with Crippen LogP contribution >= 0.6 is 11.6 Å².